The molecule has 0 aliphatic carbocycles. The van der Waals surface area contributed by atoms with E-state index in [-0.39, 0.29) is 29.6 Å². The van der Waals surface area contributed by atoms with Crippen LogP contribution in [0.25, 0.3) is 0 Å². The molecule has 0 aromatic carbocycles. The normalized spacial score (nSPS) is 8.18. The molecule has 0 aromatic rings. The molecule has 0 aromatic heterocycles. The van der Waals surface area contributed by atoms with E-state index in [9.17, 15) is 0 Å². The molecule has 0 saturated heterocycles. The van der Waals surface area contributed by atoms with Crippen LogP contribution >= 0.6 is 0 Å². The number of carbonyl (C=O) groups is 1. The van der Waals surface area contributed by atoms with Gasteiger partial charge in [0, 0.05) is 0 Å². The monoisotopic (exact) mass is 171 g/mol. The van der Waals surface area contributed by atoms with Crippen LogP contribution in [0.2, 0.25) is 0 Å². The first kappa shape index (κ1) is 17.4. The van der Waals surface area contributed by atoms with Gasteiger partial charge in [0.15, 0.2) is 0 Å². The molecule has 0 bridgehead atoms. The molecule has 11 heavy (non-hydrogen) atoms. The summed E-state index contributed by atoms with van der Waals surface area (Å²) in [6.45, 7) is 4.17. The van der Waals surface area contributed by atoms with E-state index >= 15 is 0 Å². The van der Waals surface area contributed by atoms with Crippen molar-refractivity contribution in [2.24, 2.45) is 0 Å². The predicted molar refractivity (Wildman–Crippen MR) is 38.9 cm³/mol. The van der Waals surface area contributed by atoms with Crippen LogP contribution in [0.5, 0.6) is 0 Å². The largest absolute Gasteiger partial charge is 1.00 e. The minimum absolute atomic E-state index is 0. The van der Waals surface area contributed by atoms with Gasteiger partial charge < -0.3 is 15.1 Å². The molecule has 0 aliphatic rings. The molecule has 4 nitrogen and oxygen atoms in total. The molecule has 0 heterocycles. The zero-order valence-corrected chi connectivity index (χ0v) is 9.75. The summed E-state index contributed by atoms with van der Waals surface area (Å²) in [5, 5.41) is 13.9. The molecule has 0 unspecified atom stereocenters. The standard InChI is InChI=1S/C5H12N.CH2O3.Na/c1-5(2)6(3)4;2-1(3)4;/h1-4H3;(H2,2,3,4);/q-1;;+1. The van der Waals surface area contributed by atoms with Crippen molar-refractivity contribution in [3.05, 3.63) is 6.04 Å². The van der Waals surface area contributed by atoms with Gasteiger partial charge in [-0.1, -0.05) is 0 Å². The summed E-state index contributed by atoms with van der Waals surface area (Å²) in [5.74, 6) is 0. The van der Waals surface area contributed by atoms with Crippen molar-refractivity contribution >= 4 is 6.16 Å². The third kappa shape index (κ3) is 38.7. The van der Waals surface area contributed by atoms with Gasteiger partial charge in [-0.2, -0.15) is 13.8 Å². The molecule has 0 radical (unpaired) electrons. The molecule has 0 spiro atoms. The summed E-state index contributed by atoms with van der Waals surface area (Å²) in [6.07, 6.45) is -1.83. The van der Waals surface area contributed by atoms with Crippen molar-refractivity contribution in [2.45, 2.75) is 13.8 Å². The predicted octanol–water partition coefficient (Wildman–Crippen LogP) is -1.65. The fraction of sp³-hybridized carbons (Fsp3) is 0.667. The van der Waals surface area contributed by atoms with E-state index in [4.69, 9.17) is 15.0 Å². The van der Waals surface area contributed by atoms with Gasteiger partial charge in [-0.05, 0) is 14.1 Å². The maximum absolute atomic E-state index is 8.56. The van der Waals surface area contributed by atoms with Gasteiger partial charge in [0.1, 0.15) is 0 Å². The first-order valence-corrected chi connectivity index (χ1v) is 2.77. The van der Waals surface area contributed by atoms with Crippen LogP contribution < -0.4 is 29.6 Å². The minimum Gasteiger partial charge on any atom is -0.459 e. The van der Waals surface area contributed by atoms with E-state index in [1.165, 1.54) is 6.04 Å². The van der Waals surface area contributed by atoms with Crippen LogP contribution in [0.1, 0.15) is 13.8 Å². The van der Waals surface area contributed by atoms with Crippen molar-refractivity contribution in [1.82, 2.24) is 4.90 Å². The van der Waals surface area contributed by atoms with E-state index < -0.39 is 6.16 Å². The van der Waals surface area contributed by atoms with E-state index in [0.717, 1.165) is 0 Å². The Balaban J connectivity index is -0.000000114. The van der Waals surface area contributed by atoms with Gasteiger partial charge >= 0.3 is 35.7 Å². The summed E-state index contributed by atoms with van der Waals surface area (Å²) < 4.78 is 0. The molecule has 0 amide bonds. The van der Waals surface area contributed by atoms with Crippen molar-refractivity contribution in [2.75, 3.05) is 14.1 Å². The zero-order valence-electron chi connectivity index (χ0n) is 7.75. The third-order valence-corrected chi connectivity index (χ3v) is 0.894. The SMILES string of the molecule is C[C-](C)N(C)C.O=C(O)O.[Na+]. The number of hydrogen-bond acceptors (Lipinski definition) is 2. The Morgan fingerprint density at radius 3 is 1.36 bits per heavy atom. The summed E-state index contributed by atoms with van der Waals surface area (Å²) in [7, 11) is 4.07. The zero-order chi connectivity index (χ0) is 8.73. The molecular weight excluding hydrogens is 157 g/mol. The van der Waals surface area contributed by atoms with Crippen molar-refractivity contribution in [1.29, 1.82) is 0 Å². The molecule has 0 aliphatic heterocycles. The second-order valence-electron chi connectivity index (χ2n) is 2.12. The third-order valence-electron chi connectivity index (χ3n) is 0.894. The number of hydrogen-bond donors (Lipinski definition) is 2. The molecule has 0 saturated carbocycles. The molecule has 2 N–H and O–H groups in total. The van der Waals surface area contributed by atoms with Gasteiger partial charge in [-0.15, -0.1) is 0 Å². The van der Waals surface area contributed by atoms with Crippen LogP contribution in [-0.4, -0.2) is 35.4 Å². The first-order chi connectivity index (χ1) is 4.37. The van der Waals surface area contributed by atoms with Crippen molar-refractivity contribution in [3.63, 3.8) is 0 Å². The smallest absolute Gasteiger partial charge is 0.459 e. The summed E-state index contributed by atoms with van der Waals surface area (Å²) in [6, 6.07) is 1.34. The number of rotatable bonds is 1. The summed E-state index contributed by atoms with van der Waals surface area (Å²) in [5.41, 5.74) is 0. The molecule has 0 fully saturated rings. The van der Waals surface area contributed by atoms with Crippen LogP contribution in [0.3, 0.4) is 0 Å². The average molecular weight is 171 g/mol. The number of nitrogens with zero attached hydrogens (tertiary/aromatic N) is 1. The Bertz CT molecular complexity index is 85.8. The van der Waals surface area contributed by atoms with Crippen molar-refractivity contribution in [3.8, 4) is 0 Å². The molecule has 0 rings (SSSR count). The molecule has 5 heteroatoms. The second-order valence-corrected chi connectivity index (χ2v) is 2.12. The van der Waals surface area contributed by atoms with Gasteiger partial charge in [0.2, 0.25) is 0 Å². The average Bonchev–Trinajstić information content (AvgIpc) is 1.63. The summed E-state index contributed by atoms with van der Waals surface area (Å²) in [4.78, 5) is 10.6. The van der Waals surface area contributed by atoms with Crippen LogP contribution in [0, 0.1) is 6.04 Å². The maximum Gasteiger partial charge on any atom is 1.00 e. The van der Waals surface area contributed by atoms with E-state index in [1.807, 2.05) is 14.1 Å². The molecule has 62 valence electrons. The van der Waals surface area contributed by atoms with E-state index in [0.29, 0.717) is 0 Å². The molecule has 0 atom stereocenters. The maximum atomic E-state index is 8.56. The number of carboxylic acid groups (broad SMARTS) is 2. The van der Waals surface area contributed by atoms with Gasteiger partial charge in [0.05, 0.1) is 0 Å². The topological polar surface area (TPSA) is 60.8 Å². The Morgan fingerprint density at radius 2 is 1.36 bits per heavy atom. The van der Waals surface area contributed by atoms with E-state index in [1.54, 1.807) is 0 Å². The second kappa shape index (κ2) is 10.2. The van der Waals surface area contributed by atoms with Gasteiger partial charge in [-0.3, -0.25) is 6.04 Å². The summed E-state index contributed by atoms with van der Waals surface area (Å²) >= 11 is 0. The van der Waals surface area contributed by atoms with Gasteiger partial charge in [-0.25, -0.2) is 4.79 Å². The Labute approximate surface area is 89.5 Å². The van der Waals surface area contributed by atoms with Crippen LogP contribution in [0.4, 0.5) is 4.79 Å². The fourth-order valence-corrected chi connectivity index (χ4v) is 0. The van der Waals surface area contributed by atoms with Crippen LogP contribution in [-0.2, 0) is 0 Å². The quantitative estimate of drug-likeness (QED) is 0.366. The van der Waals surface area contributed by atoms with Gasteiger partial charge in [0.25, 0.3) is 0 Å². The van der Waals surface area contributed by atoms with Crippen molar-refractivity contribution < 1.29 is 44.6 Å². The Kier molecular flexibility index (Phi) is 16.1. The minimum atomic E-state index is -1.83. The fourth-order valence-electron chi connectivity index (χ4n) is 0. The molecular formula is C6H14NNaO3. The Hall–Kier alpha value is 0.230. The van der Waals surface area contributed by atoms with Crippen LogP contribution in [0.15, 0.2) is 0 Å². The first-order valence-electron chi connectivity index (χ1n) is 2.77. The Morgan fingerprint density at radius 1 is 1.27 bits per heavy atom. The van der Waals surface area contributed by atoms with E-state index in [2.05, 4.69) is 18.7 Å².